The van der Waals surface area contributed by atoms with Crippen molar-refractivity contribution in [3.05, 3.63) is 220 Å². The van der Waals surface area contributed by atoms with Gasteiger partial charge in [-0.25, -0.2) is 0 Å². The predicted octanol–water partition coefficient (Wildman–Crippen LogP) is 13.6. The molecule has 1 nitrogen and oxygen atoms in total. The minimum Gasteiger partial charge on any atom is -0.338 e. The van der Waals surface area contributed by atoms with Crippen molar-refractivity contribution >= 4 is 23.5 Å². The molecule has 0 fully saturated rings. The van der Waals surface area contributed by atoms with Crippen LogP contribution in [0, 0.1) is 0 Å². The van der Waals surface area contributed by atoms with Gasteiger partial charge in [0, 0.05) is 17.9 Å². The summed E-state index contributed by atoms with van der Waals surface area (Å²) >= 11 is 0. The molecule has 0 aromatic heterocycles. The van der Waals surface area contributed by atoms with Gasteiger partial charge in [-0.15, -0.1) is 5.73 Å². The Balaban J connectivity index is 1.29. The van der Waals surface area contributed by atoms with Crippen LogP contribution >= 0.6 is 0 Å². The molecule has 0 aliphatic heterocycles. The van der Waals surface area contributed by atoms with Gasteiger partial charge in [0.15, 0.2) is 0 Å². The maximum Gasteiger partial charge on any atom is 0.0417 e. The largest absolute Gasteiger partial charge is 0.338 e. The number of nitrogens with zero attached hydrogens (tertiary/aromatic N) is 1. The standard InChI is InChI=1S/C52H47N/c1-5-8-12-21-39(6-2)40(7-3)24-19-32-53(46-25-16-11-17-26-46)47-30-31-48-45(35-47)37-51-50(48)36-44-33-38(4)20-13-9-18-27-49(44)52(51)43-29-28-41-22-14-10-15-23-42(41)34-43/h5-13,15-26,28-31,34-36H,4,27,32-33,37H2,1-3H3/b8-5-,18-9-,20-13-,21-12-,24-19-,39-6-,40-7+. The third-order valence-electron chi connectivity index (χ3n) is 10.3. The van der Waals surface area contributed by atoms with Crippen LogP contribution in [-0.4, -0.2) is 6.54 Å². The fourth-order valence-corrected chi connectivity index (χ4v) is 7.69. The van der Waals surface area contributed by atoms with Crippen LogP contribution in [-0.2, 0) is 19.3 Å². The van der Waals surface area contributed by atoms with Gasteiger partial charge in [-0.1, -0.05) is 140 Å². The topological polar surface area (TPSA) is 3.24 Å². The molecule has 260 valence electrons. The summed E-state index contributed by atoms with van der Waals surface area (Å²) in [5, 5.41) is 0. The van der Waals surface area contributed by atoms with Crippen LogP contribution in [0.4, 0.5) is 11.4 Å². The molecule has 0 saturated heterocycles. The van der Waals surface area contributed by atoms with Crippen molar-refractivity contribution in [3.63, 3.8) is 0 Å². The zero-order chi connectivity index (χ0) is 36.6. The van der Waals surface area contributed by atoms with Crippen molar-refractivity contribution in [2.24, 2.45) is 0 Å². The molecule has 0 heterocycles. The molecule has 0 atom stereocenters. The Bertz CT molecular complexity index is 2350. The Morgan fingerprint density at radius 3 is 2.42 bits per heavy atom. The smallest absolute Gasteiger partial charge is 0.0417 e. The van der Waals surface area contributed by atoms with E-state index < -0.39 is 0 Å². The molecule has 0 amide bonds. The lowest BCUT2D eigenvalue weighted by Gasteiger charge is -2.24. The van der Waals surface area contributed by atoms with Crippen molar-refractivity contribution in [3.8, 4) is 22.3 Å². The molecule has 3 aliphatic carbocycles. The average Bonchev–Trinajstić information content (AvgIpc) is 3.42. The third kappa shape index (κ3) is 7.73. The third-order valence-corrected chi connectivity index (χ3v) is 10.3. The van der Waals surface area contributed by atoms with Gasteiger partial charge in [0.1, 0.15) is 0 Å². The molecule has 0 bridgehead atoms. The summed E-state index contributed by atoms with van der Waals surface area (Å²) in [5.41, 5.74) is 22.5. The van der Waals surface area contributed by atoms with Crippen LogP contribution < -0.4 is 4.90 Å². The van der Waals surface area contributed by atoms with E-state index in [1.165, 1.54) is 78.2 Å². The number of allylic oxidation sites excluding steroid dienone is 16. The summed E-state index contributed by atoms with van der Waals surface area (Å²) in [6.45, 7) is 11.4. The zero-order valence-corrected chi connectivity index (χ0v) is 31.1. The van der Waals surface area contributed by atoms with E-state index in [0.29, 0.717) is 0 Å². The molecule has 1 heteroatoms. The fourth-order valence-electron chi connectivity index (χ4n) is 7.69. The van der Waals surface area contributed by atoms with E-state index in [4.69, 9.17) is 0 Å². The van der Waals surface area contributed by atoms with Gasteiger partial charge in [-0.3, -0.25) is 0 Å². The van der Waals surface area contributed by atoms with Crippen LogP contribution in [0.15, 0.2) is 187 Å². The number of hydrogen-bond acceptors (Lipinski definition) is 1. The number of benzene rings is 4. The van der Waals surface area contributed by atoms with Gasteiger partial charge in [0.2, 0.25) is 0 Å². The summed E-state index contributed by atoms with van der Waals surface area (Å²) in [5.74, 6) is 0. The molecule has 4 aromatic carbocycles. The molecule has 4 aromatic rings. The van der Waals surface area contributed by atoms with E-state index in [-0.39, 0.29) is 0 Å². The van der Waals surface area contributed by atoms with E-state index in [9.17, 15) is 0 Å². The molecular formula is C52H47N. The maximum absolute atomic E-state index is 4.43. The highest BCUT2D eigenvalue weighted by molar-refractivity contribution is 5.90. The van der Waals surface area contributed by atoms with E-state index in [2.05, 4.69) is 195 Å². The first-order valence-corrected chi connectivity index (χ1v) is 18.7. The second-order valence-corrected chi connectivity index (χ2v) is 13.7. The zero-order valence-electron chi connectivity index (χ0n) is 31.1. The molecule has 0 saturated carbocycles. The van der Waals surface area contributed by atoms with E-state index in [0.717, 1.165) is 31.4 Å². The highest BCUT2D eigenvalue weighted by Crippen LogP contribution is 2.47. The van der Waals surface area contributed by atoms with Crippen LogP contribution in [0.25, 0.3) is 34.4 Å². The first-order chi connectivity index (χ1) is 26.1. The molecule has 0 N–H and O–H groups in total. The molecule has 7 rings (SSSR count). The molecule has 0 spiro atoms. The quantitative estimate of drug-likeness (QED) is 0.110. The van der Waals surface area contributed by atoms with Crippen LogP contribution in [0.2, 0.25) is 0 Å². The van der Waals surface area contributed by atoms with Gasteiger partial charge >= 0.3 is 0 Å². The number of rotatable bonds is 9. The Labute approximate surface area is 316 Å². The Morgan fingerprint density at radius 2 is 1.58 bits per heavy atom. The summed E-state index contributed by atoms with van der Waals surface area (Å²) in [7, 11) is 0. The van der Waals surface area contributed by atoms with Crippen molar-refractivity contribution in [2.45, 2.75) is 40.0 Å². The van der Waals surface area contributed by atoms with Crippen molar-refractivity contribution in [1.82, 2.24) is 0 Å². The fraction of sp³-hybridized carbons (Fsp3) is 0.135. The number of anilines is 2. The van der Waals surface area contributed by atoms with Gasteiger partial charge in [0.25, 0.3) is 0 Å². The molecule has 0 radical (unpaired) electrons. The highest BCUT2D eigenvalue weighted by atomic mass is 15.1. The Hall–Kier alpha value is -6.14. The lowest BCUT2D eigenvalue weighted by molar-refractivity contribution is 1.09. The molecular weight excluding hydrogens is 639 g/mol. The summed E-state index contributed by atoms with van der Waals surface area (Å²) in [6.07, 6.45) is 37.0. The minimum atomic E-state index is 0.746. The Kier molecular flexibility index (Phi) is 11.0. The highest BCUT2D eigenvalue weighted by Gasteiger charge is 2.27. The van der Waals surface area contributed by atoms with Crippen molar-refractivity contribution < 1.29 is 0 Å². The normalized spacial score (nSPS) is 16.2. The van der Waals surface area contributed by atoms with E-state index in [1.54, 1.807) is 0 Å². The predicted molar refractivity (Wildman–Crippen MR) is 231 cm³/mol. The average molecular weight is 686 g/mol. The number of hydrogen-bond donors (Lipinski definition) is 0. The second kappa shape index (κ2) is 16.5. The Morgan fingerprint density at radius 1 is 0.736 bits per heavy atom. The second-order valence-electron chi connectivity index (χ2n) is 13.7. The van der Waals surface area contributed by atoms with E-state index in [1.807, 2.05) is 13.0 Å². The van der Waals surface area contributed by atoms with Crippen molar-refractivity contribution in [2.75, 3.05) is 11.4 Å². The van der Waals surface area contributed by atoms with Gasteiger partial charge in [-0.05, 0) is 149 Å². The maximum atomic E-state index is 4.43. The lowest BCUT2D eigenvalue weighted by Crippen LogP contribution is -2.17. The van der Waals surface area contributed by atoms with Crippen molar-refractivity contribution in [1.29, 1.82) is 0 Å². The number of para-hydroxylation sites is 1. The first-order valence-electron chi connectivity index (χ1n) is 18.7. The summed E-state index contributed by atoms with van der Waals surface area (Å²) in [6, 6.07) is 27.2. The SMILES string of the molecule is C=C1/C=C\C=C/Cc2c(cc3c(c2-c2ccc4c(c2)C=CC=C=C4)Cc2cc(N(C\C=C/C(=C\C)C(/C=C\C=C/C)=C\C)c4ccccc4)ccc2-3)C1. The minimum absolute atomic E-state index is 0.746. The molecule has 53 heavy (non-hydrogen) atoms. The van der Waals surface area contributed by atoms with Crippen LogP contribution in [0.1, 0.15) is 54.2 Å². The monoisotopic (exact) mass is 685 g/mol. The van der Waals surface area contributed by atoms with Crippen LogP contribution in [0.3, 0.4) is 0 Å². The first kappa shape index (κ1) is 35.3. The van der Waals surface area contributed by atoms with Crippen LogP contribution in [0.5, 0.6) is 0 Å². The van der Waals surface area contributed by atoms with E-state index >= 15 is 0 Å². The van der Waals surface area contributed by atoms with Gasteiger partial charge in [0.05, 0.1) is 0 Å². The molecule has 3 aliphatic rings. The summed E-state index contributed by atoms with van der Waals surface area (Å²) < 4.78 is 0. The lowest BCUT2D eigenvalue weighted by atomic mass is 9.84. The van der Waals surface area contributed by atoms with Gasteiger partial charge in [-0.2, -0.15) is 0 Å². The number of fused-ring (bicyclic) bond motifs is 5. The molecule has 0 unspecified atom stereocenters. The summed E-state index contributed by atoms with van der Waals surface area (Å²) in [4.78, 5) is 2.42. The van der Waals surface area contributed by atoms with Gasteiger partial charge < -0.3 is 4.90 Å².